The van der Waals surface area contributed by atoms with E-state index in [4.69, 9.17) is 4.42 Å². The first-order valence-corrected chi connectivity index (χ1v) is 7.42. The Hall–Kier alpha value is -0.770. The van der Waals surface area contributed by atoms with Crippen LogP contribution in [0.15, 0.2) is 21.2 Å². The standard InChI is InChI=1S/C14H20BrNO2/c1-16(10-12-7-8-13(15)18-12)14(17)9-6-11-4-2-3-5-11/h7-8,11H,2-6,9-10H2,1H3. The molecule has 0 unspecified atom stereocenters. The topological polar surface area (TPSA) is 33.5 Å². The zero-order chi connectivity index (χ0) is 13.0. The molecule has 3 nitrogen and oxygen atoms in total. The van der Waals surface area contributed by atoms with Gasteiger partial charge in [0.1, 0.15) is 5.76 Å². The molecule has 1 amide bonds. The predicted octanol–water partition coefficient (Wildman–Crippen LogP) is 3.97. The van der Waals surface area contributed by atoms with Crippen LogP contribution in [-0.2, 0) is 11.3 Å². The minimum atomic E-state index is 0.217. The van der Waals surface area contributed by atoms with Gasteiger partial charge in [0.05, 0.1) is 6.54 Å². The molecule has 1 heterocycles. The van der Waals surface area contributed by atoms with Crippen molar-refractivity contribution in [2.75, 3.05) is 7.05 Å². The van der Waals surface area contributed by atoms with Gasteiger partial charge in [-0.1, -0.05) is 25.7 Å². The third-order valence-electron chi connectivity index (χ3n) is 3.69. The quantitative estimate of drug-likeness (QED) is 0.824. The Morgan fingerprint density at radius 2 is 2.17 bits per heavy atom. The van der Waals surface area contributed by atoms with E-state index in [0.717, 1.165) is 18.1 Å². The number of hydrogen-bond acceptors (Lipinski definition) is 2. The highest BCUT2D eigenvalue weighted by atomic mass is 79.9. The second kappa shape index (κ2) is 6.41. The second-order valence-corrected chi connectivity index (χ2v) is 5.93. The van der Waals surface area contributed by atoms with E-state index < -0.39 is 0 Å². The first kappa shape index (κ1) is 13.7. The van der Waals surface area contributed by atoms with E-state index in [-0.39, 0.29) is 5.91 Å². The van der Waals surface area contributed by atoms with Crippen LogP contribution >= 0.6 is 15.9 Å². The fourth-order valence-electron chi connectivity index (χ4n) is 2.58. The van der Waals surface area contributed by atoms with Crippen molar-refractivity contribution in [3.05, 3.63) is 22.6 Å². The third-order valence-corrected chi connectivity index (χ3v) is 4.12. The highest BCUT2D eigenvalue weighted by Gasteiger charge is 2.18. The fraction of sp³-hybridized carbons (Fsp3) is 0.643. The van der Waals surface area contributed by atoms with E-state index in [1.807, 2.05) is 19.2 Å². The molecule has 0 saturated heterocycles. The van der Waals surface area contributed by atoms with E-state index in [9.17, 15) is 4.79 Å². The molecule has 0 N–H and O–H groups in total. The molecule has 0 radical (unpaired) electrons. The molecule has 0 spiro atoms. The normalized spacial score (nSPS) is 16.1. The summed E-state index contributed by atoms with van der Waals surface area (Å²) in [6, 6.07) is 3.75. The Balaban J connectivity index is 1.74. The van der Waals surface area contributed by atoms with E-state index in [1.54, 1.807) is 4.90 Å². The van der Waals surface area contributed by atoms with Crippen molar-refractivity contribution in [3.8, 4) is 0 Å². The van der Waals surface area contributed by atoms with Crippen LogP contribution < -0.4 is 0 Å². The molecule has 1 aliphatic carbocycles. The third kappa shape index (κ3) is 3.87. The zero-order valence-electron chi connectivity index (χ0n) is 10.8. The van der Waals surface area contributed by atoms with Gasteiger partial charge in [0.25, 0.3) is 0 Å². The van der Waals surface area contributed by atoms with Crippen LogP contribution in [0, 0.1) is 5.92 Å². The molecule has 0 atom stereocenters. The van der Waals surface area contributed by atoms with Crippen molar-refractivity contribution < 1.29 is 9.21 Å². The Bertz CT molecular complexity index is 396. The lowest BCUT2D eigenvalue weighted by Crippen LogP contribution is -2.26. The maximum absolute atomic E-state index is 12.0. The lowest BCUT2D eigenvalue weighted by Gasteiger charge is -2.17. The summed E-state index contributed by atoms with van der Waals surface area (Å²) in [5.41, 5.74) is 0. The van der Waals surface area contributed by atoms with Gasteiger partial charge in [-0.3, -0.25) is 4.79 Å². The van der Waals surface area contributed by atoms with Gasteiger partial charge >= 0.3 is 0 Å². The van der Waals surface area contributed by atoms with Crippen LogP contribution in [0.2, 0.25) is 0 Å². The monoisotopic (exact) mass is 313 g/mol. The lowest BCUT2D eigenvalue weighted by atomic mass is 10.0. The summed E-state index contributed by atoms with van der Waals surface area (Å²) in [6.07, 6.45) is 7.02. The summed E-state index contributed by atoms with van der Waals surface area (Å²) in [5, 5.41) is 0. The number of furan rings is 1. The molecule has 18 heavy (non-hydrogen) atoms. The summed E-state index contributed by atoms with van der Waals surface area (Å²) >= 11 is 3.26. The number of halogens is 1. The summed E-state index contributed by atoms with van der Waals surface area (Å²) in [4.78, 5) is 13.7. The van der Waals surface area contributed by atoms with Crippen molar-refractivity contribution in [1.82, 2.24) is 4.90 Å². The lowest BCUT2D eigenvalue weighted by molar-refractivity contribution is -0.130. The van der Waals surface area contributed by atoms with Gasteiger partial charge in [0.15, 0.2) is 4.67 Å². The molecule has 0 aromatic carbocycles. The van der Waals surface area contributed by atoms with Crippen LogP contribution in [-0.4, -0.2) is 17.9 Å². The van der Waals surface area contributed by atoms with Crippen molar-refractivity contribution in [2.24, 2.45) is 5.92 Å². The average Bonchev–Trinajstić information content (AvgIpc) is 2.97. The summed E-state index contributed by atoms with van der Waals surface area (Å²) in [6.45, 7) is 0.551. The maximum Gasteiger partial charge on any atom is 0.222 e. The van der Waals surface area contributed by atoms with Crippen molar-refractivity contribution >= 4 is 21.8 Å². The molecular weight excluding hydrogens is 294 g/mol. The van der Waals surface area contributed by atoms with E-state index in [1.165, 1.54) is 25.7 Å². The van der Waals surface area contributed by atoms with Crippen molar-refractivity contribution in [3.63, 3.8) is 0 Å². The van der Waals surface area contributed by atoms with Gasteiger partial charge in [-0.05, 0) is 40.4 Å². The Labute approximate surface area is 117 Å². The molecule has 1 aliphatic rings. The van der Waals surface area contributed by atoms with Crippen LogP contribution in [0.3, 0.4) is 0 Å². The van der Waals surface area contributed by atoms with Crippen LogP contribution in [0.25, 0.3) is 0 Å². The van der Waals surface area contributed by atoms with Crippen LogP contribution in [0.1, 0.15) is 44.3 Å². The predicted molar refractivity (Wildman–Crippen MR) is 74.1 cm³/mol. The number of nitrogens with zero attached hydrogens (tertiary/aromatic N) is 1. The molecule has 1 aromatic rings. The molecule has 1 aromatic heterocycles. The molecule has 1 fully saturated rings. The van der Waals surface area contributed by atoms with E-state index >= 15 is 0 Å². The van der Waals surface area contributed by atoms with Crippen LogP contribution in [0.4, 0.5) is 0 Å². The Morgan fingerprint density at radius 3 is 2.78 bits per heavy atom. The van der Waals surface area contributed by atoms with Gasteiger partial charge in [-0.25, -0.2) is 0 Å². The highest BCUT2D eigenvalue weighted by Crippen LogP contribution is 2.28. The SMILES string of the molecule is CN(Cc1ccc(Br)o1)C(=O)CCC1CCCC1. The Morgan fingerprint density at radius 1 is 1.44 bits per heavy atom. The maximum atomic E-state index is 12.0. The second-order valence-electron chi connectivity index (χ2n) is 5.14. The number of amides is 1. The molecule has 0 aliphatic heterocycles. The fourth-order valence-corrected chi connectivity index (χ4v) is 2.92. The van der Waals surface area contributed by atoms with Gasteiger partial charge in [-0.15, -0.1) is 0 Å². The summed E-state index contributed by atoms with van der Waals surface area (Å²) < 4.78 is 6.12. The molecular formula is C14H20BrNO2. The minimum Gasteiger partial charge on any atom is -0.452 e. The molecule has 2 rings (SSSR count). The first-order chi connectivity index (χ1) is 8.65. The van der Waals surface area contributed by atoms with Gasteiger partial charge in [-0.2, -0.15) is 0 Å². The van der Waals surface area contributed by atoms with Gasteiger partial charge in [0.2, 0.25) is 5.91 Å². The Kier molecular flexibility index (Phi) is 4.87. The number of hydrogen-bond donors (Lipinski definition) is 0. The number of carbonyl (C=O) groups is 1. The zero-order valence-corrected chi connectivity index (χ0v) is 12.4. The summed E-state index contributed by atoms with van der Waals surface area (Å²) in [7, 11) is 1.84. The number of carbonyl (C=O) groups excluding carboxylic acids is 1. The van der Waals surface area contributed by atoms with Gasteiger partial charge in [0, 0.05) is 13.5 Å². The van der Waals surface area contributed by atoms with Crippen molar-refractivity contribution in [1.29, 1.82) is 0 Å². The van der Waals surface area contributed by atoms with E-state index in [2.05, 4.69) is 15.9 Å². The smallest absolute Gasteiger partial charge is 0.222 e. The first-order valence-electron chi connectivity index (χ1n) is 6.63. The van der Waals surface area contributed by atoms with E-state index in [0.29, 0.717) is 17.6 Å². The number of rotatable bonds is 5. The molecule has 100 valence electrons. The highest BCUT2D eigenvalue weighted by molar-refractivity contribution is 9.10. The average molecular weight is 314 g/mol. The summed E-state index contributed by atoms with van der Waals surface area (Å²) in [5.74, 6) is 1.81. The van der Waals surface area contributed by atoms with Gasteiger partial charge < -0.3 is 9.32 Å². The molecule has 0 bridgehead atoms. The van der Waals surface area contributed by atoms with Crippen LogP contribution in [0.5, 0.6) is 0 Å². The molecule has 1 saturated carbocycles. The largest absolute Gasteiger partial charge is 0.452 e. The molecule has 4 heteroatoms. The van der Waals surface area contributed by atoms with Crippen molar-refractivity contribution in [2.45, 2.75) is 45.1 Å². The minimum absolute atomic E-state index is 0.217.